The Kier molecular flexibility index (Phi) is 4.68. The number of hydrogen-bond acceptors (Lipinski definition) is 3. The van der Waals surface area contributed by atoms with Crippen LogP contribution in [-0.4, -0.2) is 23.0 Å². The summed E-state index contributed by atoms with van der Waals surface area (Å²) in [4.78, 5) is 11.9. The number of benzene rings is 1. The molecular formula is C12H16O3S. The smallest absolute Gasteiger partial charge is 0.309 e. The van der Waals surface area contributed by atoms with Crippen molar-refractivity contribution in [2.45, 2.75) is 18.7 Å². The van der Waals surface area contributed by atoms with E-state index in [4.69, 9.17) is 0 Å². The lowest BCUT2D eigenvalue weighted by Crippen LogP contribution is -2.19. The van der Waals surface area contributed by atoms with Crippen LogP contribution in [-0.2, 0) is 20.3 Å². The predicted molar refractivity (Wildman–Crippen MR) is 63.6 cm³/mol. The average Bonchev–Trinajstić information content (AvgIpc) is 2.27. The van der Waals surface area contributed by atoms with Gasteiger partial charge in [-0.2, -0.15) is 0 Å². The van der Waals surface area contributed by atoms with Crippen LogP contribution in [0.5, 0.6) is 0 Å². The first-order valence-corrected chi connectivity index (χ1v) is 6.39. The molecule has 0 spiro atoms. The lowest BCUT2D eigenvalue weighted by molar-refractivity contribution is -0.144. The molecule has 88 valence electrons. The minimum Gasteiger partial charge on any atom is -0.469 e. The van der Waals surface area contributed by atoms with Gasteiger partial charge in [0.25, 0.3) is 0 Å². The van der Waals surface area contributed by atoms with Crippen molar-refractivity contribution in [1.29, 1.82) is 0 Å². The number of rotatable bonds is 4. The molecule has 4 heteroatoms. The number of carbonyl (C=O) groups excluding carboxylic acids is 1. The molecule has 0 N–H and O–H groups in total. The quantitative estimate of drug-likeness (QED) is 0.755. The van der Waals surface area contributed by atoms with Crippen molar-refractivity contribution in [3.8, 4) is 0 Å². The molecule has 0 amide bonds. The van der Waals surface area contributed by atoms with E-state index >= 15 is 0 Å². The molecule has 2 atom stereocenters. The molecule has 0 aliphatic carbocycles. The molecule has 0 fully saturated rings. The number of aryl methyl sites for hydroxylation is 1. The van der Waals surface area contributed by atoms with Crippen molar-refractivity contribution >= 4 is 16.8 Å². The monoisotopic (exact) mass is 240 g/mol. The second kappa shape index (κ2) is 5.80. The summed E-state index contributed by atoms with van der Waals surface area (Å²) in [5.74, 6) is -0.358. The van der Waals surface area contributed by atoms with Crippen LogP contribution in [0.1, 0.15) is 12.5 Å². The predicted octanol–water partition coefficient (Wildman–Crippen LogP) is 1.91. The minimum absolute atomic E-state index is 0.302. The fourth-order valence-corrected chi connectivity index (χ4v) is 2.68. The van der Waals surface area contributed by atoms with Crippen LogP contribution in [0.2, 0.25) is 0 Å². The minimum atomic E-state index is -1.15. The summed E-state index contributed by atoms with van der Waals surface area (Å²) in [5, 5.41) is 0. The van der Waals surface area contributed by atoms with Crippen LogP contribution < -0.4 is 0 Å². The highest BCUT2D eigenvalue weighted by Crippen LogP contribution is 2.12. The first-order valence-electron chi connectivity index (χ1n) is 5.07. The highest BCUT2D eigenvalue weighted by Gasteiger charge is 2.17. The highest BCUT2D eigenvalue weighted by atomic mass is 32.2. The summed E-state index contributed by atoms with van der Waals surface area (Å²) >= 11 is 0. The largest absolute Gasteiger partial charge is 0.469 e. The van der Waals surface area contributed by atoms with Crippen molar-refractivity contribution in [2.75, 3.05) is 12.9 Å². The van der Waals surface area contributed by atoms with E-state index in [1.807, 2.05) is 31.2 Å². The Morgan fingerprint density at radius 3 is 2.75 bits per heavy atom. The maximum atomic E-state index is 11.9. The first kappa shape index (κ1) is 12.9. The molecular weight excluding hydrogens is 224 g/mol. The molecule has 0 heterocycles. The average molecular weight is 240 g/mol. The Hall–Kier alpha value is -1.16. The normalized spacial score (nSPS) is 14.2. The fourth-order valence-electron chi connectivity index (χ4n) is 1.35. The third kappa shape index (κ3) is 3.45. The zero-order valence-corrected chi connectivity index (χ0v) is 10.5. The van der Waals surface area contributed by atoms with E-state index in [2.05, 4.69) is 4.74 Å². The molecule has 0 bridgehead atoms. The van der Waals surface area contributed by atoms with E-state index in [-0.39, 0.29) is 11.9 Å². The Morgan fingerprint density at radius 1 is 1.50 bits per heavy atom. The SMILES string of the molecule is COC(=O)C(C)CS(=O)c1cccc(C)c1. The fraction of sp³-hybridized carbons (Fsp3) is 0.417. The van der Waals surface area contributed by atoms with Crippen LogP contribution >= 0.6 is 0 Å². The first-order chi connectivity index (χ1) is 7.54. The van der Waals surface area contributed by atoms with Crippen molar-refractivity contribution in [3.05, 3.63) is 29.8 Å². The maximum Gasteiger partial charge on any atom is 0.309 e. The molecule has 0 saturated heterocycles. The summed E-state index contributed by atoms with van der Waals surface area (Å²) in [7, 11) is 0.195. The van der Waals surface area contributed by atoms with Gasteiger partial charge in [0.05, 0.1) is 23.8 Å². The number of methoxy groups -OCH3 is 1. The van der Waals surface area contributed by atoms with Gasteiger partial charge >= 0.3 is 5.97 Å². The molecule has 16 heavy (non-hydrogen) atoms. The van der Waals surface area contributed by atoms with Crippen molar-refractivity contribution in [2.24, 2.45) is 5.92 Å². The summed E-state index contributed by atoms with van der Waals surface area (Å²) in [6.07, 6.45) is 0. The Labute approximate surface area is 98.3 Å². The standard InChI is InChI=1S/C12H16O3S/c1-9-5-4-6-11(7-9)16(14)8-10(2)12(13)15-3/h4-7,10H,8H2,1-3H3. The van der Waals surface area contributed by atoms with Crippen molar-refractivity contribution in [3.63, 3.8) is 0 Å². The van der Waals surface area contributed by atoms with Gasteiger partial charge in [-0.1, -0.05) is 19.1 Å². The Bertz CT molecular complexity index is 401. The van der Waals surface area contributed by atoms with E-state index in [1.165, 1.54) is 7.11 Å². The van der Waals surface area contributed by atoms with Crippen LogP contribution in [0.15, 0.2) is 29.2 Å². The summed E-state index contributed by atoms with van der Waals surface area (Å²) < 4.78 is 16.5. The third-order valence-electron chi connectivity index (χ3n) is 2.26. The van der Waals surface area contributed by atoms with E-state index < -0.39 is 10.8 Å². The van der Waals surface area contributed by atoms with Crippen LogP contribution in [0.25, 0.3) is 0 Å². The molecule has 0 radical (unpaired) electrons. The Morgan fingerprint density at radius 2 is 2.19 bits per heavy atom. The van der Waals surface area contributed by atoms with E-state index in [0.717, 1.165) is 10.5 Å². The summed E-state index contributed by atoms with van der Waals surface area (Å²) in [5.41, 5.74) is 1.07. The number of esters is 1. The molecule has 1 aromatic rings. The lowest BCUT2D eigenvalue weighted by Gasteiger charge is -2.09. The molecule has 0 saturated carbocycles. The van der Waals surface area contributed by atoms with Gasteiger partial charge in [-0.15, -0.1) is 0 Å². The maximum absolute atomic E-state index is 11.9. The van der Waals surface area contributed by atoms with Gasteiger partial charge in [0.1, 0.15) is 0 Å². The molecule has 0 aliphatic rings. The molecule has 0 aromatic heterocycles. The topological polar surface area (TPSA) is 43.4 Å². The highest BCUT2D eigenvalue weighted by molar-refractivity contribution is 7.85. The van der Waals surface area contributed by atoms with Gasteiger partial charge in [0.15, 0.2) is 0 Å². The summed E-state index contributed by atoms with van der Waals surface area (Å²) in [6.45, 7) is 3.67. The van der Waals surface area contributed by atoms with Gasteiger partial charge in [-0.05, 0) is 24.6 Å². The van der Waals surface area contributed by atoms with Gasteiger partial charge in [-0.25, -0.2) is 0 Å². The van der Waals surface area contributed by atoms with Crippen LogP contribution in [0, 0.1) is 12.8 Å². The molecule has 0 aliphatic heterocycles. The number of hydrogen-bond donors (Lipinski definition) is 0. The molecule has 3 nitrogen and oxygen atoms in total. The van der Waals surface area contributed by atoms with Crippen molar-refractivity contribution in [1.82, 2.24) is 0 Å². The van der Waals surface area contributed by atoms with E-state index in [1.54, 1.807) is 6.92 Å². The van der Waals surface area contributed by atoms with Crippen molar-refractivity contribution < 1.29 is 13.7 Å². The van der Waals surface area contributed by atoms with Gasteiger partial charge in [0, 0.05) is 10.6 Å². The number of ether oxygens (including phenoxy) is 1. The molecule has 2 unspecified atom stereocenters. The van der Waals surface area contributed by atoms with E-state index in [9.17, 15) is 9.00 Å². The third-order valence-corrected chi connectivity index (χ3v) is 3.84. The zero-order chi connectivity index (χ0) is 12.1. The Balaban J connectivity index is 2.69. The second-order valence-corrected chi connectivity index (χ2v) is 5.25. The van der Waals surface area contributed by atoms with Crippen LogP contribution in [0.4, 0.5) is 0 Å². The molecule has 1 rings (SSSR count). The zero-order valence-electron chi connectivity index (χ0n) is 9.73. The number of carbonyl (C=O) groups is 1. The van der Waals surface area contributed by atoms with Crippen LogP contribution in [0.3, 0.4) is 0 Å². The van der Waals surface area contributed by atoms with Gasteiger partial charge < -0.3 is 4.74 Å². The van der Waals surface area contributed by atoms with E-state index in [0.29, 0.717) is 5.75 Å². The van der Waals surface area contributed by atoms with Gasteiger partial charge in [0.2, 0.25) is 0 Å². The van der Waals surface area contributed by atoms with Gasteiger partial charge in [-0.3, -0.25) is 9.00 Å². The summed E-state index contributed by atoms with van der Waals surface area (Å²) in [6, 6.07) is 7.50. The lowest BCUT2D eigenvalue weighted by atomic mass is 10.2. The molecule has 1 aromatic carbocycles. The second-order valence-electron chi connectivity index (χ2n) is 3.75.